The fourth-order valence-corrected chi connectivity index (χ4v) is 5.01. The molecule has 8 heteroatoms. The van der Waals surface area contributed by atoms with Crippen LogP contribution in [0.3, 0.4) is 0 Å². The smallest absolute Gasteiger partial charge is 0.252 e. The van der Waals surface area contributed by atoms with Gasteiger partial charge in [0.2, 0.25) is 10.0 Å². The van der Waals surface area contributed by atoms with Crippen molar-refractivity contribution >= 4 is 39.3 Å². The Bertz CT molecular complexity index is 854. The van der Waals surface area contributed by atoms with E-state index < -0.39 is 22.0 Å². The molecule has 1 aliphatic rings. The Morgan fingerprint density at radius 3 is 2.61 bits per heavy atom. The van der Waals surface area contributed by atoms with Crippen LogP contribution in [-0.2, 0) is 14.8 Å². The molecule has 1 fully saturated rings. The molecule has 2 aromatic carbocycles. The summed E-state index contributed by atoms with van der Waals surface area (Å²) in [5, 5.41) is 1.58. The number of benzene rings is 2. The molecule has 3 rings (SSSR count). The van der Waals surface area contributed by atoms with Crippen LogP contribution in [0, 0.1) is 0 Å². The van der Waals surface area contributed by atoms with Gasteiger partial charge in [0.05, 0.1) is 4.90 Å². The zero-order chi connectivity index (χ0) is 16.6. The fourth-order valence-electron chi connectivity index (χ4n) is 2.85. The molecule has 1 amide bonds. The maximum atomic E-state index is 12.9. The van der Waals surface area contributed by atoms with Crippen molar-refractivity contribution in [2.75, 3.05) is 6.54 Å². The lowest BCUT2D eigenvalue weighted by Crippen LogP contribution is -2.47. The number of nitrogens with one attached hydrogen (secondary N) is 1. The van der Waals surface area contributed by atoms with Crippen LogP contribution in [0.25, 0.3) is 10.8 Å². The Morgan fingerprint density at radius 1 is 1.22 bits per heavy atom. The lowest BCUT2D eigenvalue weighted by atomic mass is 10.1. The lowest BCUT2D eigenvalue weighted by Gasteiger charge is -2.22. The van der Waals surface area contributed by atoms with E-state index in [9.17, 15) is 13.2 Å². The Balaban J connectivity index is 2.03. The minimum absolute atomic E-state index is 0.161. The number of thiol groups is 1. The monoisotopic (exact) mass is 351 g/mol. The van der Waals surface area contributed by atoms with Crippen LogP contribution in [0.2, 0.25) is 0 Å². The largest absolute Gasteiger partial charge is 0.293 e. The molecule has 0 spiro atoms. The number of fused-ring (bicyclic) bond motifs is 1. The third kappa shape index (κ3) is 2.94. The number of rotatable bonds is 3. The molecule has 0 saturated carbocycles. The quantitative estimate of drug-likeness (QED) is 0.331. The van der Waals surface area contributed by atoms with E-state index in [1.807, 2.05) is 29.7 Å². The minimum Gasteiger partial charge on any atom is -0.293 e. The molecule has 0 unspecified atom stereocenters. The van der Waals surface area contributed by atoms with Gasteiger partial charge in [-0.3, -0.25) is 10.2 Å². The van der Waals surface area contributed by atoms with Crippen LogP contribution in [0.5, 0.6) is 0 Å². The molecule has 0 aromatic heterocycles. The lowest BCUT2D eigenvalue weighted by molar-refractivity contribution is -0.124. The Hall–Kier alpha value is -1.61. The highest BCUT2D eigenvalue weighted by Crippen LogP contribution is 2.30. The van der Waals surface area contributed by atoms with Crippen LogP contribution in [-0.4, -0.2) is 36.5 Å². The second-order valence-corrected chi connectivity index (χ2v) is 8.12. The van der Waals surface area contributed by atoms with E-state index in [0.717, 1.165) is 10.8 Å². The van der Waals surface area contributed by atoms with Crippen LogP contribution < -0.4 is 11.3 Å². The number of nitrogens with zero attached hydrogens (tertiary/aromatic N) is 1. The molecule has 0 aliphatic carbocycles. The van der Waals surface area contributed by atoms with E-state index in [1.165, 1.54) is 4.31 Å². The van der Waals surface area contributed by atoms with Crippen molar-refractivity contribution in [1.29, 1.82) is 0 Å². The fraction of sp³-hybridized carbons (Fsp3) is 0.267. The summed E-state index contributed by atoms with van der Waals surface area (Å²) in [5.41, 5.74) is 2.03. The predicted molar refractivity (Wildman–Crippen MR) is 91.3 cm³/mol. The van der Waals surface area contributed by atoms with Crippen molar-refractivity contribution in [3.05, 3.63) is 42.5 Å². The first-order valence-corrected chi connectivity index (χ1v) is 9.08. The first kappa shape index (κ1) is 16.3. The molecule has 3 N–H and O–H groups in total. The third-order valence-electron chi connectivity index (χ3n) is 4.01. The van der Waals surface area contributed by atoms with Gasteiger partial charge in [-0.1, -0.05) is 30.3 Å². The van der Waals surface area contributed by atoms with Gasteiger partial charge in [-0.15, -0.1) is 0 Å². The van der Waals surface area contributed by atoms with Crippen molar-refractivity contribution in [2.45, 2.75) is 22.6 Å². The molecule has 0 radical (unpaired) electrons. The number of carbonyl (C=O) groups is 1. The highest BCUT2D eigenvalue weighted by atomic mass is 32.2. The maximum absolute atomic E-state index is 12.9. The summed E-state index contributed by atoms with van der Waals surface area (Å²) in [6.07, 6.45) is 0.332. The van der Waals surface area contributed by atoms with Gasteiger partial charge in [-0.05, 0) is 29.3 Å². The topological polar surface area (TPSA) is 92.5 Å². The van der Waals surface area contributed by atoms with Crippen LogP contribution >= 0.6 is 12.6 Å². The average Bonchev–Trinajstić information content (AvgIpc) is 2.96. The number of sulfonamides is 1. The van der Waals surface area contributed by atoms with Gasteiger partial charge in [0, 0.05) is 11.8 Å². The molecule has 1 heterocycles. The number of nitrogens with two attached hydrogens (primary N) is 1. The second-order valence-electron chi connectivity index (χ2n) is 5.50. The summed E-state index contributed by atoms with van der Waals surface area (Å²) < 4.78 is 27.0. The van der Waals surface area contributed by atoms with Crippen molar-refractivity contribution in [3.63, 3.8) is 0 Å². The van der Waals surface area contributed by atoms with E-state index in [1.54, 1.807) is 18.2 Å². The van der Waals surface area contributed by atoms with Crippen molar-refractivity contribution in [2.24, 2.45) is 5.84 Å². The van der Waals surface area contributed by atoms with Crippen LogP contribution in [0.1, 0.15) is 6.42 Å². The van der Waals surface area contributed by atoms with Gasteiger partial charge in [0.25, 0.3) is 5.91 Å². The number of hydrogen-bond acceptors (Lipinski definition) is 5. The third-order valence-corrected chi connectivity index (χ3v) is 6.25. The summed E-state index contributed by atoms with van der Waals surface area (Å²) >= 11 is 4.32. The van der Waals surface area contributed by atoms with E-state index in [-0.39, 0.29) is 16.7 Å². The first-order valence-electron chi connectivity index (χ1n) is 7.12. The van der Waals surface area contributed by atoms with Gasteiger partial charge in [-0.25, -0.2) is 14.3 Å². The normalized spacial score (nSPS) is 22.3. The van der Waals surface area contributed by atoms with Gasteiger partial charge in [0.1, 0.15) is 6.04 Å². The molecule has 2 aromatic rings. The van der Waals surface area contributed by atoms with Gasteiger partial charge >= 0.3 is 0 Å². The summed E-state index contributed by atoms with van der Waals surface area (Å²) in [5.74, 6) is 4.65. The minimum atomic E-state index is -3.80. The summed E-state index contributed by atoms with van der Waals surface area (Å²) in [7, 11) is -3.80. The van der Waals surface area contributed by atoms with E-state index in [4.69, 9.17) is 5.84 Å². The number of hydrazine groups is 1. The van der Waals surface area contributed by atoms with E-state index in [2.05, 4.69) is 12.6 Å². The standard InChI is InChI=1S/C15H17N3O3S2/c16-17-15(19)14-8-12(22)9-18(14)23(20,21)13-6-5-10-3-1-2-4-11(10)7-13/h1-7,12,14,22H,8-9,16H2,(H,17,19)/t12-,14+/m1/s1. The molecular weight excluding hydrogens is 334 g/mol. The highest BCUT2D eigenvalue weighted by Gasteiger charge is 2.42. The van der Waals surface area contributed by atoms with Crippen molar-refractivity contribution < 1.29 is 13.2 Å². The zero-order valence-corrected chi connectivity index (χ0v) is 13.9. The van der Waals surface area contributed by atoms with Crippen LogP contribution in [0.4, 0.5) is 0 Å². The molecule has 23 heavy (non-hydrogen) atoms. The first-order chi connectivity index (χ1) is 10.9. The van der Waals surface area contributed by atoms with Gasteiger partial charge in [-0.2, -0.15) is 16.9 Å². The van der Waals surface area contributed by atoms with Crippen molar-refractivity contribution in [1.82, 2.24) is 9.73 Å². The Labute approximate surface area is 140 Å². The molecule has 1 aliphatic heterocycles. The maximum Gasteiger partial charge on any atom is 0.252 e. The van der Waals surface area contributed by atoms with Crippen molar-refractivity contribution in [3.8, 4) is 0 Å². The SMILES string of the molecule is NNC(=O)[C@@H]1C[C@@H](S)CN1S(=O)(=O)c1ccc2ccccc2c1. The molecule has 1 saturated heterocycles. The van der Waals surface area contributed by atoms with Crippen LogP contribution in [0.15, 0.2) is 47.4 Å². The second kappa shape index (κ2) is 6.12. The molecular formula is C15H17N3O3S2. The molecule has 2 atom stereocenters. The average molecular weight is 351 g/mol. The predicted octanol–water partition coefficient (Wildman–Crippen LogP) is 0.891. The van der Waals surface area contributed by atoms with Gasteiger partial charge in [0.15, 0.2) is 0 Å². The molecule has 122 valence electrons. The molecule has 0 bridgehead atoms. The highest BCUT2D eigenvalue weighted by molar-refractivity contribution is 7.89. The Morgan fingerprint density at radius 2 is 1.91 bits per heavy atom. The number of amides is 1. The molecule has 6 nitrogen and oxygen atoms in total. The van der Waals surface area contributed by atoms with Gasteiger partial charge < -0.3 is 0 Å². The summed E-state index contributed by atoms with van der Waals surface area (Å²) in [6.45, 7) is 0.177. The zero-order valence-electron chi connectivity index (χ0n) is 12.2. The number of hydrogen-bond donors (Lipinski definition) is 3. The van der Waals surface area contributed by atoms with E-state index >= 15 is 0 Å². The number of carbonyl (C=O) groups excluding carboxylic acids is 1. The summed E-state index contributed by atoms with van der Waals surface area (Å²) in [4.78, 5) is 12.0. The Kier molecular flexibility index (Phi) is 4.33. The van der Waals surface area contributed by atoms with E-state index in [0.29, 0.717) is 6.42 Å². The summed E-state index contributed by atoms with van der Waals surface area (Å²) in [6, 6.07) is 11.6.